The fraction of sp³-hybridized carbons (Fsp3) is 1.00. The number of rotatable bonds is 6. The molecule has 0 saturated carbocycles. The molecule has 6 heteroatoms. The van der Waals surface area contributed by atoms with Gasteiger partial charge in [-0.2, -0.15) is 17.0 Å². The van der Waals surface area contributed by atoms with Gasteiger partial charge in [0.05, 0.1) is 0 Å². The Morgan fingerprint density at radius 3 is 2.33 bits per heavy atom. The second-order valence-corrected chi connectivity index (χ2v) is 8.17. The lowest BCUT2D eigenvalue weighted by atomic mass is 10.1. The molecule has 1 unspecified atom stereocenters. The molecule has 2 aliphatic heterocycles. The highest BCUT2D eigenvalue weighted by molar-refractivity contribution is 7.86. The minimum atomic E-state index is -3.27. The van der Waals surface area contributed by atoms with E-state index >= 15 is 0 Å². The largest absolute Gasteiger partial charge is 0.315 e. The minimum Gasteiger partial charge on any atom is -0.315 e. The maximum absolute atomic E-state index is 13.0. The summed E-state index contributed by atoms with van der Waals surface area (Å²) in [4.78, 5) is 0. The van der Waals surface area contributed by atoms with Crippen molar-refractivity contribution in [2.24, 2.45) is 0 Å². The third-order valence-electron chi connectivity index (χ3n) is 4.57. The summed E-state index contributed by atoms with van der Waals surface area (Å²) in [5.41, 5.74) is 0. The predicted molar refractivity (Wildman–Crippen MR) is 86.5 cm³/mol. The van der Waals surface area contributed by atoms with E-state index in [9.17, 15) is 8.42 Å². The van der Waals surface area contributed by atoms with Crippen LogP contribution in [0.25, 0.3) is 0 Å². The summed E-state index contributed by atoms with van der Waals surface area (Å²) in [5, 5.41) is 3.40. The number of hydrogen-bond acceptors (Lipinski definition) is 3. The molecule has 0 aromatic rings. The van der Waals surface area contributed by atoms with E-state index in [4.69, 9.17) is 0 Å². The maximum Gasteiger partial charge on any atom is 0.282 e. The van der Waals surface area contributed by atoms with E-state index in [0.717, 1.165) is 64.5 Å². The van der Waals surface area contributed by atoms with Crippen molar-refractivity contribution in [1.29, 1.82) is 0 Å². The fourth-order valence-corrected chi connectivity index (χ4v) is 5.28. The molecule has 2 aliphatic rings. The van der Waals surface area contributed by atoms with Crippen LogP contribution in [0, 0.1) is 0 Å². The summed E-state index contributed by atoms with van der Waals surface area (Å²) >= 11 is 0. The van der Waals surface area contributed by atoms with Crippen molar-refractivity contribution in [1.82, 2.24) is 13.9 Å². The monoisotopic (exact) mass is 317 g/mol. The van der Waals surface area contributed by atoms with Crippen molar-refractivity contribution in [2.45, 2.75) is 64.3 Å². The van der Waals surface area contributed by atoms with Crippen molar-refractivity contribution in [3.05, 3.63) is 0 Å². The van der Waals surface area contributed by atoms with Gasteiger partial charge in [-0.25, -0.2) is 0 Å². The molecule has 0 radical (unpaired) electrons. The molecule has 2 fully saturated rings. The lowest BCUT2D eigenvalue weighted by Gasteiger charge is -2.38. The van der Waals surface area contributed by atoms with Crippen LogP contribution in [0.1, 0.15) is 58.3 Å². The molecular weight excluding hydrogens is 286 g/mol. The van der Waals surface area contributed by atoms with Gasteiger partial charge in [0.25, 0.3) is 10.2 Å². The zero-order valence-corrected chi connectivity index (χ0v) is 14.2. The van der Waals surface area contributed by atoms with Crippen molar-refractivity contribution in [3.8, 4) is 0 Å². The molecule has 2 heterocycles. The Morgan fingerprint density at radius 2 is 1.67 bits per heavy atom. The first-order chi connectivity index (χ1) is 10.2. The molecule has 0 amide bonds. The number of nitrogens with zero attached hydrogens (tertiary/aromatic N) is 2. The third-order valence-corrected chi connectivity index (χ3v) is 6.66. The van der Waals surface area contributed by atoms with Crippen LogP contribution in [0.15, 0.2) is 0 Å². The second-order valence-electron chi connectivity index (χ2n) is 6.29. The zero-order valence-electron chi connectivity index (χ0n) is 13.4. The van der Waals surface area contributed by atoms with Crippen LogP contribution in [-0.4, -0.2) is 55.8 Å². The molecular formula is C15H31N3O2S. The van der Waals surface area contributed by atoms with Crippen molar-refractivity contribution in [3.63, 3.8) is 0 Å². The molecule has 2 rings (SSSR count). The first-order valence-electron chi connectivity index (χ1n) is 8.64. The normalized spacial score (nSPS) is 26.6. The average Bonchev–Trinajstić information content (AvgIpc) is 2.77. The van der Waals surface area contributed by atoms with E-state index in [1.807, 2.05) is 0 Å². The predicted octanol–water partition coefficient (Wildman–Crippen LogP) is 1.96. The summed E-state index contributed by atoms with van der Waals surface area (Å²) in [6.45, 7) is 5.99. The van der Waals surface area contributed by atoms with Gasteiger partial charge in [0.15, 0.2) is 0 Å². The smallest absolute Gasteiger partial charge is 0.282 e. The molecule has 0 bridgehead atoms. The lowest BCUT2D eigenvalue weighted by Crippen LogP contribution is -2.53. The Bertz CT molecular complexity index is 392. The Morgan fingerprint density at radius 1 is 1.00 bits per heavy atom. The number of hydrogen-bond donors (Lipinski definition) is 1. The number of piperidine rings is 1. The zero-order chi connectivity index (χ0) is 15.1. The Hall–Kier alpha value is -0.170. The van der Waals surface area contributed by atoms with Crippen LogP contribution in [0.4, 0.5) is 0 Å². The molecule has 0 aliphatic carbocycles. The van der Waals surface area contributed by atoms with E-state index in [0.29, 0.717) is 19.6 Å². The van der Waals surface area contributed by atoms with Crippen molar-refractivity contribution in [2.75, 3.05) is 32.7 Å². The number of nitrogens with one attached hydrogen (secondary N) is 1. The molecule has 0 aromatic carbocycles. The summed E-state index contributed by atoms with van der Waals surface area (Å²) in [7, 11) is -3.27. The van der Waals surface area contributed by atoms with E-state index in [2.05, 4.69) is 12.2 Å². The third kappa shape index (κ3) is 4.65. The summed E-state index contributed by atoms with van der Waals surface area (Å²) < 4.78 is 29.4. The first-order valence-corrected chi connectivity index (χ1v) is 10.0. The Kier molecular flexibility index (Phi) is 6.92. The molecule has 2 saturated heterocycles. The van der Waals surface area contributed by atoms with Gasteiger partial charge in [-0.1, -0.05) is 26.2 Å². The molecule has 124 valence electrons. The molecule has 1 N–H and O–H groups in total. The second kappa shape index (κ2) is 8.46. The highest BCUT2D eigenvalue weighted by Gasteiger charge is 2.36. The van der Waals surface area contributed by atoms with Crippen LogP contribution < -0.4 is 5.32 Å². The Labute approximate surface area is 130 Å². The van der Waals surface area contributed by atoms with E-state index in [1.54, 1.807) is 8.61 Å². The van der Waals surface area contributed by atoms with Gasteiger partial charge in [-0.15, -0.1) is 0 Å². The van der Waals surface area contributed by atoms with Gasteiger partial charge in [0.2, 0.25) is 0 Å². The fourth-order valence-electron chi connectivity index (χ4n) is 3.35. The van der Waals surface area contributed by atoms with E-state index in [1.165, 1.54) is 0 Å². The maximum atomic E-state index is 13.0. The van der Waals surface area contributed by atoms with Crippen LogP contribution >= 0.6 is 0 Å². The average molecular weight is 317 g/mol. The highest BCUT2D eigenvalue weighted by Crippen LogP contribution is 2.24. The SMILES string of the molecule is CCCNCC1CCCCN1S(=O)(=O)N1CCCCCC1. The van der Waals surface area contributed by atoms with Gasteiger partial charge in [-0.05, 0) is 38.6 Å². The first kappa shape index (κ1) is 17.2. The molecule has 1 atom stereocenters. The quantitative estimate of drug-likeness (QED) is 0.762. The summed E-state index contributed by atoms with van der Waals surface area (Å²) in [6.07, 6.45) is 8.55. The molecule has 0 spiro atoms. The Balaban J connectivity index is 2.03. The van der Waals surface area contributed by atoms with E-state index in [-0.39, 0.29) is 6.04 Å². The lowest BCUT2D eigenvalue weighted by molar-refractivity contribution is 0.226. The van der Waals surface area contributed by atoms with Crippen LogP contribution in [0.5, 0.6) is 0 Å². The summed E-state index contributed by atoms with van der Waals surface area (Å²) in [5.74, 6) is 0. The molecule has 5 nitrogen and oxygen atoms in total. The van der Waals surface area contributed by atoms with Gasteiger partial charge in [-0.3, -0.25) is 0 Å². The van der Waals surface area contributed by atoms with E-state index < -0.39 is 10.2 Å². The van der Waals surface area contributed by atoms with Crippen LogP contribution in [-0.2, 0) is 10.2 Å². The molecule has 21 heavy (non-hydrogen) atoms. The molecule has 0 aromatic heterocycles. The van der Waals surface area contributed by atoms with Gasteiger partial charge in [0, 0.05) is 32.2 Å². The summed E-state index contributed by atoms with van der Waals surface area (Å²) in [6, 6.07) is 0.138. The van der Waals surface area contributed by atoms with Gasteiger partial charge >= 0.3 is 0 Å². The van der Waals surface area contributed by atoms with Crippen molar-refractivity contribution >= 4 is 10.2 Å². The standard InChI is InChI=1S/C15H31N3O2S/c1-2-10-16-14-15-9-5-8-13-18(15)21(19,20)17-11-6-3-4-7-12-17/h15-16H,2-14H2,1H3. The topological polar surface area (TPSA) is 52.7 Å². The van der Waals surface area contributed by atoms with Crippen LogP contribution in [0.2, 0.25) is 0 Å². The van der Waals surface area contributed by atoms with Gasteiger partial charge < -0.3 is 5.32 Å². The van der Waals surface area contributed by atoms with Crippen molar-refractivity contribution < 1.29 is 8.42 Å². The highest BCUT2D eigenvalue weighted by atomic mass is 32.2. The van der Waals surface area contributed by atoms with Crippen LogP contribution in [0.3, 0.4) is 0 Å². The van der Waals surface area contributed by atoms with Gasteiger partial charge in [0.1, 0.15) is 0 Å². The minimum absolute atomic E-state index is 0.138.